The van der Waals surface area contributed by atoms with Gasteiger partial charge in [0.2, 0.25) is 5.52 Å². The van der Waals surface area contributed by atoms with Crippen LogP contribution in [0.2, 0.25) is 0 Å². The van der Waals surface area contributed by atoms with Crippen LogP contribution in [0.15, 0.2) is 93.4 Å². The van der Waals surface area contributed by atoms with Gasteiger partial charge in [-0.3, -0.25) is 9.36 Å². The maximum Gasteiger partial charge on any atom is 0.271 e. The van der Waals surface area contributed by atoms with E-state index in [9.17, 15) is 17.8 Å². The van der Waals surface area contributed by atoms with Gasteiger partial charge in [0.05, 0.1) is 16.7 Å². The van der Waals surface area contributed by atoms with Gasteiger partial charge in [-0.25, -0.2) is 8.42 Å². The SMILES string of the molecule is C.CCn1c(=Cc2sc3c4ccccc4ccc3[n+]2CC)s/c(=C2\Sc3ccc(C)cc3N2C)c1=O.Cc1ccc(S(=O)(=O)[O-])cc1. The third-order valence-corrected chi connectivity index (χ3v) is 12.4. The van der Waals surface area contributed by atoms with Crippen molar-refractivity contribution in [2.45, 2.75) is 58.0 Å². The average Bonchev–Trinajstić information content (AvgIpc) is 3.67. The Kier molecular flexibility index (Phi) is 10.1. The van der Waals surface area contributed by atoms with E-state index in [0.717, 1.165) is 26.3 Å². The summed E-state index contributed by atoms with van der Waals surface area (Å²) in [5.74, 6) is 0. The van der Waals surface area contributed by atoms with Crippen LogP contribution < -0.4 is 24.2 Å². The Bertz CT molecular complexity index is 2410. The highest BCUT2D eigenvalue weighted by Crippen LogP contribution is 2.45. The van der Waals surface area contributed by atoms with Crippen molar-refractivity contribution < 1.29 is 17.5 Å². The molecule has 0 aliphatic carbocycles. The molecule has 0 saturated carbocycles. The Balaban J connectivity index is 0.000000309. The van der Waals surface area contributed by atoms with Crippen molar-refractivity contribution in [3.8, 4) is 0 Å². The first kappa shape index (κ1) is 34.6. The fourth-order valence-electron chi connectivity index (χ4n) is 5.50. The predicted molar refractivity (Wildman–Crippen MR) is 197 cm³/mol. The second kappa shape index (κ2) is 13.8. The van der Waals surface area contributed by atoms with Gasteiger partial charge in [-0.1, -0.05) is 78.6 Å². The summed E-state index contributed by atoms with van der Waals surface area (Å²) in [5.41, 5.74) is 4.67. The Hall–Kier alpha value is -3.74. The first-order chi connectivity index (χ1) is 22.0. The monoisotopic (exact) mass is 703 g/mol. The number of thiazole rings is 2. The molecular formula is C36H37N3O4S4. The number of anilines is 1. The van der Waals surface area contributed by atoms with Gasteiger partial charge in [0.25, 0.3) is 10.6 Å². The maximum atomic E-state index is 13.6. The summed E-state index contributed by atoms with van der Waals surface area (Å²) >= 11 is 5.11. The number of nitrogens with zero attached hydrogens (tertiary/aromatic N) is 3. The van der Waals surface area contributed by atoms with Crippen LogP contribution in [0.3, 0.4) is 0 Å². The van der Waals surface area contributed by atoms with Gasteiger partial charge in [-0.05, 0) is 69.0 Å². The van der Waals surface area contributed by atoms with Crippen LogP contribution in [0.5, 0.6) is 0 Å². The Morgan fingerprint density at radius 1 is 0.915 bits per heavy atom. The Morgan fingerprint density at radius 3 is 2.30 bits per heavy atom. The summed E-state index contributed by atoms with van der Waals surface area (Å²) in [6.45, 7) is 9.69. The van der Waals surface area contributed by atoms with Gasteiger partial charge in [-0.15, -0.1) is 11.3 Å². The summed E-state index contributed by atoms with van der Waals surface area (Å²) in [4.78, 5) is 16.7. The molecule has 47 heavy (non-hydrogen) atoms. The van der Waals surface area contributed by atoms with Gasteiger partial charge in [0.15, 0.2) is 0 Å². The summed E-state index contributed by atoms with van der Waals surface area (Å²) in [7, 11) is -2.21. The van der Waals surface area contributed by atoms with Crippen molar-refractivity contribution in [3.63, 3.8) is 0 Å². The number of fused-ring (bicyclic) bond motifs is 4. The van der Waals surface area contributed by atoms with Crippen LogP contribution in [-0.2, 0) is 23.2 Å². The molecule has 0 N–H and O–H groups in total. The highest BCUT2D eigenvalue weighted by atomic mass is 32.2. The highest BCUT2D eigenvalue weighted by Gasteiger charge is 2.25. The number of aryl methyl sites for hydroxylation is 3. The zero-order chi connectivity index (χ0) is 32.7. The average molecular weight is 704 g/mol. The smallest absolute Gasteiger partial charge is 0.271 e. The summed E-state index contributed by atoms with van der Waals surface area (Å²) in [5, 5.41) is 4.73. The molecule has 0 amide bonds. The van der Waals surface area contributed by atoms with Gasteiger partial charge >= 0.3 is 0 Å². The van der Waals surface area contributed by atoms with E-state index in [4.69, 9.17) is 0 Å². The molecule has 0 bridgehead atoms. The summed E-state index contributed by atoms with van der Waals surface area (Å²) in [6, 6.07) is 25.3. The molecule has 11 heteroatoms. The zero-order valence-electron chi connectivity index (χ0n) is 26.1. The Labute approximate surface area is 287 Å². The van der Waals surface area contributed by atoms with E-state index in [1.807, 2.05) is 22.8 Å². The fraction of sp³-hybridized carbons (Fsp3) is 0.222. The quantitative estimate of drug-likeness (QED) is 0.152. The van der Waals surface area contributed by atoms with Crippen LogP contribution in [-0.4, -0.2) is 24.6 Å². The molecule has 0 unspecified atom stereocenters. The van der Waals surface area contributed by atoms with Gasteiger partial charge in [0, 0.05) is 29.9 Å². The number of hydrogen-bond donors (Lipinski definition) is 0. The topological polar surface area (TPSA) is 86.3 Å². The number of thioether (sulfide) groups is 1. The van der Waals surface area contributed by atoms with E-state index in [-0.39, 0.29) is 17.9 Å². The van der Waals surface area contributed by atoms with E-state index in [0.29, 0.717) is 6.54 Å². The van der Waals surface area contributed by atoms with E-state index >= 15 is 0 Å². The molecule has 0 fully saturated rings. The van der Waals surface area contributed by atoms with Crippen molar-refractivity contribution in [3.05, 3.63) is 115 Å². The van der Waals surface area contributed by atoms with Crippen molar-refractivity contribution in [2.24, 2.45) is 0 Å². The minimum Gasteiger partial charge on any atom is -0.744 e. The third-order valence-electron chi connectivity index (χ3n) is 7.90. The minimum absolute atomic E-state index is 0. The lowest BCUT2D eigenvalue weighted by atomic mass is 10.1. The fourth-order valence-corrected chi connectivity index (χ4v) is 9.77. The van der Waals surface area contributed by atoms with Crippen LogP contribution >= 0.6 is 34.4 Å². The molecule has 0 atom stereocenters. The van der Waals surface area contributed by atoms with Crippen LogP contribution in [0, 0.1) is 13.8 Å². The van der Waals surface area contributed by atoms with Crippen molar-refractivity contribution >= 4 is 82.3 Å². The molecular weight excluding hydrogens is 667 g/mol. The largest absolute Gasteiger partial charge is 0.744 e. The molecule has 0 radical (unpaired) electrons. The molecule has 7 rings (SSSR count). The highest BCUT2D eigenvalue weighted by molar-refractivity contribution is 8.08. The molecule has 2 aromatic heterocycles. The van der Waals surface area contributed by atoms with E-state index in [2.05, 4.69) is 98.0 Å². The lowest BCUT2D eigenvalue weighted by molar-refractivity contribution is -0.665. The van der Waals surface area contributed by atoms with Crippen molar-refractivity contribution in [1.82, 2.24) is 4.57 Å². The molecule has 244 valence electrons. The van der Waals surface area contributed by atoms with Crippen LogP contribution in [0.25, 0.3) is 32.1 Å². The predicted octanol–water partition coefficient (Wildman–Crippen LogP) is 6.59. The van der Waals surface area contributed by atoms with Crippen molar-refractivity contribution in [2.75, 3.05) is 11.9 Å². The third kappa shape index (κ3) is 6.68. The molecule has 6 aromatic rings. The number of rotatable bonds is 4. The van der Waals surface area contributed by atoms with E-state index < -0.39 is 10.1 Å². The Morgan fingerprint density at radius 2 is 1.62 bits per heavy atom. The molecule has 4 aromatic carbocycles. The lowest BCUT2D eigenvalue weighted by Gasteiger charge is -2.12. The zero-order valence-corrected chi connectivity index (χ0v) is 29.4. The molecule has 7 nitrogen and oxygen atoms in total. The molecule has 1 aliphatic heterocycles. The number of benzene rings is 4. The second-order valence-electron chi connectivity index (χ2n) is 11.0. The molecule has 1 aliphatic rings. The molecule has 0 spiro atoms. The van der Waals surface area contributed by atoms with Gasteiger partial charge in [-0.2, -0.15) is 4.57 Å². The maximum absolute atomic E-state index is 13.6. The van der Waals surface area contributed by atoms with E-state index in [1.165, 1.54) is 54.3 Å². The second-order valence-corrected chi connectivity index (χ2v) is 15.5. The van der Waals surface area contributed by atoms with Crippen LogP contribution in [0.4, 0.5) is 5.69 Å². The van der Waals surface area contributed by atoms with Gasteiger partial charge < -0.3 is 9.45 Å². The standard InChI is InChI=1S/C28H26N3OS3.C7H8O3S.CH4/c1-5-30-20-13-12-18-9-7-8-10-19(18)25(20)34-23(30)16-24-31(6-2)27(32)26(35-24)28-29(4)21-15-17(3)11-14-22(21)33-28;1-6-2-4-7(5-3-6)11(8,9)10;/h7-16H,5-6H2,1-4H3;2-5H,1H3,(H,8,9,10);1H4/q+1;;/p-1/b28-26-;;. The normalized spacial score (nSPS) is 14.3. The van der Waals surface area contributed by atoms with Crippen LogP contribution in [0.1, 0.15) is 37.4 Å². The minimum atomic E-state index is -4.27. The lowest BCUT2D eigenvalue weighted by Crippen LogP contribution is -2.35. The molecule has 3 heterocycles. The summed E-state index contributed by atoms with van der Waals surface area (Å²) < 4.78 is 38.5. The molecule has 0 saturated heterocycles. The first-order valence-electron chi connectivity index (χ1n) is 14.8. The van der Waals surface area contributed by atoms with Gasteiger partial charge in [0.1, 0.15) is 35.6 Å². The van der Waals surface area contributed by atoms with Crippen molar-refractivity contribution in [1.29, 1.82) is 0 Å². The number of aromatic nitrogens is 2. The summed E-state index contributed by atoms with van der Waals surface area (Å²) in [6.07, 6.45) is 2.21. The first-order valence-corrected chi connectivity index (χ1v) is 18.7. The number of hydrogen-bond acceptors (Lipinski definition) is 8. The van der Waals surface area contributed by atoms with E-state index in [1.54, 1.807) is 35.2 Å².